The molecule has 1 N–H and O–H groups in total. The molecular weight excluding hydrogens is 405 g/mol. The van der Waals surface area contributed by atoms with Gasteiger partial charge in [-0.3, -0.25) is 5.32 Å². The van der Waals surface area contributed by atoms with Crippen molar-refractivity contribution in [3.05, 3.63) is 29.8 Å². The van der Waals surface area contributed by atoms with Crippen LogP contribution in [0, 0.1) is 0 Å². The summed E-state index contributed by atoms with van der Waals surface area (Å²) in [6.07, 6.45) is -2.74. The molecule has 1 atom stereocenters. The maximum atomic E-state index is 12.5. The van der Waals surface area contributed by atoms with Gasteiger partial charge in [0.05, 0.1) is 12.2 Å². The van der Waals surface area contributed by atoms with Crippen LogP contribution in [-0.2, 0) is 11.8 Å². The van der Waals surface area contributed by atoms with Gasteiger partial charge in [0.25, 0.3) is 5.95 Å². The van der Waals surface area contributed by atoms with Crippen LogP contribution in [0.2, 0.25) is 0 Å². The Balaban J connectivity index is 1.34. The van der Waals surface area contributed by atoms with Crippen LogP contribution >= 0.6 is 0 Å². The number of carbonyl (C=O) groups is 1. The first-order valence-corrected chi connectivity index (χ1v) is 9.51. The quantitative estimate of drug-likeness (QED) is 0.811. The van der Waals surface area contributed by atoms with Crippen molar-refractivity contribution in [3.8, 4) is 5.75 Å². The number of aryl methyl sites for hydroxylation is 1. The Hall–Kier alpha value is -2.89. The molecule has 1 aromatic heterocycles. The van der Waals surface area contributed by atoms with Gasteiger partial charge in [0, 0.05) is 26.1 Å². The SMILES string of the molecule is Cn1nnnc1NC(=O)N1CCC2(CC1)CC(c1cccc(OC(F)(F)F)c1)CO2. The highest BCUT2D eigenvalue weighted by atomic mass is 19.4. The fraction of sp³-hybridized carbons (Fsp3) is 0.556. The summed E-state index contributed by atoms with van der Waals surface area (Å²) in [5.74, 6) is 0.0102. The summed E-state index contributed by atoms with van der Waals surface area (Å²) >= 11 is 0. The van der Waals surface area contributed by atoms with Crippen LogP contribution in [0.3, 0.4) is 0 Å². The van der Waals surface area contributed by atoms with E-state index in [9.17, 15) is 18.0 Å². The smallest absolute Gasteiger partial charge is 0.406 e. The molecule has 3 heterocycles. The molecule has 0 bridgehead atoms. The van der Waals surface area contributed by atoms with E-state index in [1.807, 2.05) is 0 Å². The van der Waals surface area contributed by atoms with Crippen LogP contribution in [-0.4, -0.2) is 62.8 Å². The molecule has 2 aliphatic heterocycles. The number of piperidine rings is 1. The van der Waals surface area contributed by atoms with E-state index in [1.54, 1.807) is 24.1 Å². The summed E-state index contributed by atoms with van der Waals surface area (Å²) in [5.41, 5.74) is 0.373. The summed E-state index contributed by atoms with van der Waals surface area (Å²) in [7, 11) is 1.63. The Morgan fingerprint density at radius 3 is 2.77 bits per heavy atom. The second-order valence-electron chi connectivity index (χ2n) is 7.56. The summed E-state index contributed by atoms with van der Waals surface area (Å²) < 4.78 is 48.9. The number of benzene rings is 1. The van der Waals surface area contributed by atoms with Crippen LogP contribution in [0.5, 0.6) is 5.75 Å². The highest BCUT2D eigenvalue weighted by Gasteiger charge is 2.44. The van der Waals surface area contributed by atoms with Crippen LogP contribution in [0.25, 0.3) is 0 Å². The lowest BCUT2D eigenvalue weighted by Gasteiger charge is -2.38. The summed E-state index contributed by atoms with van der Waals surface area (Å²) in [6.45, 7) is 1.42. The second-order valence-corrected chi connectivity index (χ2v) is 7.56. The number of alkyl halides is 3. The Kier molecular flexibility index (Phi) is 5.26. The number of tetrazole rings is 1. The number of ether oxygens (including phenoxy) is 2. The summed E-state index contributed by atoms with van der Waals surface area (Å²) in [6, 6.07) is 5.75. The zero-order valence-electron chi connectivity index (χ0n) is 16.2. The third-order valence-corrected chi connectivity index (χ3v) is 5.57. The summed E-state index contributed by atoms with van der Waals surface area (Å²) in [5, 5.41) is 13.5. The molecule has 9 nitrogen and oxygen atoms in total. The molecule has 0 radical (unpaired) electrons. The van der Waals surface area contributed by atoms with Gasteiger partial charge >= 0.3 is 12.4 Å². The average Bonchev–Trinajstić information content (AvgIpc) is 3.28. The normalized spacial score (nSPS) is 21.1. The Labute approximate surface area is 170 Å². The second kappa shape index (κ2) is 7.74. The van der Waals surface area contributed by atoms with Gasteiger partial charge in [-0.25, -0.2) is 9.48 Å². The number of hydrogen-bond donors (Lipinski definition) is 1. The van der Waals surface area contributed by atoms with Crippen LogP contribution in [0.15, 0.2) is 24.3 Å². The topological polar surface area (TPSA) is 94.4 Å². The van der Waals surface area contributed by atoms with E-state index in [1.165, 1.54) is 16.8 Å². The molecule has 12 heteroatoms. The lowest BCUT2D eigenvalue weighted by molar-refractivity contribution is -0.274. The fourth-order valence-electron chi connectivity index (χ4n) is 4.00. The van der Waals surface area contributed by atoms with Gasteiger partial charge < -0.3 is 14.4 Å². The maximum absolute atomic E-state index is 12.5. The van der Waals surface area contributed by atoms with E-state index < -0.39 is 6.36 Å². The number of aromatic nitrogens is 4. The first kappa shape index (κ1) is 20.4. The van der Waals surface area contributed by atoms with Gasteiger partial charge in [0.15, 0.2) is 0 Å². The zero-order chi connectivity index (χ0) is 21.4. The van der Waals surface area contributed by atoms with Crippen molar-refractivity contribution in [2.24, 2.45) is 7.05 Å². The molecule has 30 heavy (non-hydrogen) atoms. The van der Waals surface area contributed by atoms with E-state index in [0.717, 1.165) is 5.56 Å². The first-order valence-electron chi connectivity index (χ1n) is 9.51. The minimum absolute atomic E-state index is 0.0214. The molecule has 2 aliphatic rings. The van der Waals surface area contributed by atoms with Crippen molar-refractivity contribution in [3.63, 3.8) is 0 Å². The van der Waals surface area contributed by atoms with Gasteiger partial charge in [0.2, 0.25) is 0 Å². The molecule has 162 valence electrons. The largest absolute Gasteiger partial charge is 0.573 e. The maximum Gasteiger partial charge on any atom is 0.573 e. The number of likely N-dealkylation sites (tertiary alicyclic amines) is 1. The fourth-order valence-corrected chi connectivity index (χ4v) is 4.00. The molecule has 2 saturated heterocycles. The molecule has 4 rings (SSSR count). The van der Waals surface area contributed by atoms with Gasteiger partial charge in [-0.1, -0.05) is 17.2 Å². The Bertz CT molecular complexity index is 911. The number of amides is 2. The summed E-state index contributed by atoms with van der Waals surface area (Å²) in [4.78, 5) is 14.1. The Morgan fingerprint density at radius 2 is 2.10 bits per heavy atom. The van der Waals surface area contributed by atoms with E-state index in [4.69, 9.17) is 4.74 Å². The minimum atomic E-state index is -4.72. The number of halogens is 3. The predicted octanol–water partition coefficient (Wildman–Crippen LogP) is 2.68. The van der Waals surface area contributed by atoms with Crippen LogP contribution in [0.4, 0.5) is 23.9 Å². The van der Waals surface area contributed by atoms with Crippen molar-refractivity contribution >= 4 is 12.0 Å². The van der Waals surface area contributed by atoms with E-state index in [2.05, 4.69) is 25.6 Å². The van der Waals surface area contributed by atoms with Gasteiger partial charge in [0.1, 0.15) is 5.75 Å². The Morgan fingerprint density at radius 1 is 1.33 bits per heavy atom. The third-order valence-electron chi connectivity index (χ3n) is 5.57. The van der Waals surface area contributed by atoms with Crippen molar-refractivity contribution in [2.45, 2.75) is 37.1 Å². The predicted molar refractivity (Wildman–Crippen MR) is 97.8 cm³/mol. The monoisotopic (exact) mass is 426 g/mol. The highest BCUT2D eigenvalue weighted by molar-refractivity contribution is 5.87. The van der Waals surface area contributed by atoms with E-state index in [0.29, 0.717) is 39.0 Å². The van der Waals surface area contributed by atoms with E-state index in [-0.39, 0.29) is 29.2 Å². The number of carbonyl (C=O) groups excluding carboxylic acids is 1. The molecule has 1 unspecified atom stereocenters. The number of urea groups is 1. The molecule has 2 fully saturated rings. The van der Waals surface area contributed by atoms with Crippen LogP contribution in [0.1, 0.15) is 30.7 Å². The van der Waals surface area contributed by atoms with E-state index >= 15 is 0 Å². The molecule has 2 aromatic rings. The highest BCUT2D eigenvalue weighted by Crippen LogP contribution is 2.43. The molecule has 1 spiro atoms. The van der Waals surface area contributed by atoms with Crippen molar-refractivity contribution in [1.29, 1.82) is 0 Å². The molecule has 0 saturated carbocycles. The number of anilines is 1. The lowest BCUT2D eigenvalue weighted by Crippen LogP contribution is -2.48. The lowest BCUT2D eigenvalue weighted by atomic mass is 9.83. The first-order chi connectivity index (χ1) is 14.2. The van der Waals surface area contributed by atoms with Crippen molar-refractivity contribution in [1.82, 2.24) is 25.1 Å². The zero-order valence-corrected chi connectivity index (χ0v) is 16.2. The number of nitrogens with zero attached hydrogens (tertiary/aromatic N) is 5. The molecular formula is C18H21F3N6O3. The standard InChI is InChI=1S/C18H21F3N6O3/c1-26-15(23-24-25-26)22-16(28)27-7-5-17(6-8-27)10-13(11-29-17)12-3-2-4-14(9-12)30-18(19,20)21/h2-4,9,13H,5-8,10-11H2,1H3,(H,22,23,25,28). The number of hydrogen-bond acceptors (Lipinski definition) is 6. The van der Waals surface area contributed by atoms with Crippen molar-refractivity contribution in [2.75, 3.05) is 25.0 Å². The number of rotatable bonds is 3. The minimum Gasteiger partial charge on any atom is -0.406 e. The molecule has 2 amide bonds. The van der Waals surface area contributed by atoms with Crippen LogP contribution < -0.4 is 10.1 Å². The third kappa shape index (κ3) is 4.48. The van der Waals surface area contributed by atoms with Gasteiger partial charge in [-0.2, -0.15) is 0 Å². The number of nitrogens with one attached hydrogen (secondary N) is 1. The van der Waals surface area contributed by atoms with Gasteiger partial charge in [-0.05, 0) is 47.4 Å². The van der Waals surface area contributed by atoms with Gasteiger partial charge in [-0.15, -0.1) is 13.2 Å². The molecule has 0 aliphatic carbocycles. The average molecular weight is 426 g/mol. The van der Waals surface area contributed by atoms with Crippen molar-refractivity contribution < 1.29 is 27.4 Å². The molecule has 1 aromatic carbocycles.